The Morgan fingerprint density at radius 3 is 2.12 bits per heavy atom. The van der Waals surface area contributed by atoms with E-state index in [1.54, 1.807) is 24.5 Å². The molecule has 0 aliphatic carbocycles. The predicted octanol–water partition coefficient (Wildman–Crippen LogP) is 3.17. The number of aryl methyl sites for hydroxylation is 1. The highest BCUT2D eigenvalue weighted by Crippen LogP contribution is 2.22. The molecule has 16 heavy (non-hydrogen) atoms. The van der Waals surface area contributed by atoms with Crippen LogP contribution in [0, 0.1) is 0 Å². The molecule has 1 aromatic heterocycles. The molecule has 1 aromatic carbocycles. The van der Waals surface area contributed by atoms with Crippen LogP contribution in [0.15, 0.2) is 48.8 Å². The third-order valence-corrected chi connectivity index (χ3v) is 2.50. The van der Waals surface area contributed by atoms with Crippen LogP contribution < -0.4 is 5.06 Å². The maximum atomic E-state index is 9.96. The normalized spacial score (nSPS) is 10.1. The molecule has 1 heterocycles. The van der Waals surface area contributed by atoms with Gasteiger partial charge in [-0.1, -0.05) is 19.1 Å². The fourth-order valence-corrected chi connectivity index (χ4v) is 1.51. The van der Waals surface area contributed by atoms with Gasteiger partial charge in [0.15, 0.2) is 0 Å². The van der Waals surface area contributed by atoms with Gasteiger partial charge in [0.05, 0.1) is 11.4 Å². The maximum Gasteiger partial charge on any atom is 0.0723 e. The van der Waals surface area contributed by atoms with Crippen molar-refractivity contribution in [1.29, 1.82) is 0 Å². The second-order valence-corrected chi connectivity index (χ2v) is 3.54. The number of pyridine rings is 1. The minimum Gasteiger partial charge on any atom is -0.284 e. The van der Waals surface area contributed by atoms with Gasteiger partial charge in [-0.05, 0) is 36.2 Å². The number of aromatic nitrogens is 1. The Morgan fingerprint density at radius 1 is 1.00 bits per heavy atom. The van der Waals surface area contributed by atoms with Gasteiger partial charge >= 0.3 is 0 Å². The van der Waals surface area contributed by atoms with Crippen molar-refractivity contribution in [3.05, 3.63) is 54.4 Å². The van der Waals surface area contributed by atoms with Gasteiger partial charge in [-0.2, -0.15) is 0 Å². The van der Waals surface area contributed by atoms with E-state index >= 15 is 0 Å². The lowest BCUT2D eigenvalue weighted by Crippen LogP contribution is -2.10. The van der Waals surface area contributed by atoms with Crippen LogP contribution in [0.1, 0.15) is 12.5 Å². The molecule has 0 amide bonds. The van der Waals surface area contributed by atoms with Crippen LogP contribution in [0.3, 0.4) is 0 Å². The Labute approximate surface area is 94.9 Å². The van der Waals surface area contributed by atoms with E-state index in [9.17, 15) is 5.21 Å². The smallest absolute Gasteiger partial charge is 0.0723 e. The molecule has 0 fully saturated rings. The molecular formula is C13H14N2O. The SMILES string of the molecule is CCc1ccc(N(O)c2ccncc2)cc1. The molecule has 3 nitrogen and oxygen atoms in total. The molecule has 0 radical (unpaired) electrons. The Hall–Kier alpha value is -1.87. The van der Waals surface area contributed by atoms with Gasteiger partial charge in [0.25, 0.3) is 0 Å². The van der Waals surface area contributed by atoms with Gasteiger partial charge in [-0.25, -0.2) is 5.06 Å². The fourth-order valence-electron chi connectivity index (χ4n) is 1.51. The lowest BCUT2D eigenvalue weighted by atomic mass is 10.1. The molecule has 0 atom stereocenters. The highest BCUT2D eigenvalue weighted by Gasteiger charge is 2.04. The molecule has 0 aliphatic rings. The van der Waals surface area contributed by atoms with E-state index < -0.39 is 0 Å². The Morgan fingerprint density at radius 2 is 1.56 bits per heavy atom. The minimum absolute atomic E-state index is 0.708. The summed E-state index contributed by atoms with van der Waals surface area (Å²) in [5.41, 5.74) is 2.72. The first-order valence-corrected chi connectivity index (χ1v) is 5.29. The first kappa shape index (κ1) is 10.6. The van der Waals surface area contributed by atoms with E-state index in [4.69, 9.17) is 0 Å². The van der Waals surface area contributed by atoms with Crippen LogP contribution in [0.25, 0.3) is 0 Å². The molecule has 0 spiro atoms. The van der Waals surface area contributed by atoms with E-state index in [0.717, 1.165) is 17.2 Å². The zero-order valence-electron chi connectivity index (χ0n) is 9.17. The van der Waals surface area contributed by atoms with Crippen molar-refractivity contribution >= 4 is 11.4 Å². The summed E-state index contributed by atoms with van der Waals surface area (Å²) in [6.45, 7) is 2.11. The largest absolute Gasteiger partial charge is 0.284 e. The first-order chi connectivity index (χ1) is 7.81. The topological polar surface area (TPSA) is 36.4 Å². The number of hydrogen-bond acceptors (Lipinski definition) is 3. The zero-order valence-corrected chi connectivity index (χ0v) is 9.17. The van der Waals surface area contributed by atoms with Crippen molar-refractivity contribution in [2.75, 3.05) is 5.06 Å². The van der Waals surface area contributed by atoms with Gasteiger partial charge in [-0.15, -0.1) is 0 Å². The minimum atomic E-state index is 0.708. The summed E-state index contributed by atoms with van der Waals surface area (Å²) in [4.78, 5) is 3.91. The summed E-state index contributed by atoms with van der Waals surface area (Å²) < 4.78 is 0. The van der Waals surface area contributed by atoms with Gasteiger partial charge in [-0.3, -0.25) is 10.2 Å². The van der Waals surface area contributed by atoms with Crippen LogP contribution in [0.5, 0.6) is 0 Å². The monoisotopic (exact) mass is 214 g/mol. The number of benzene rings is 1. The first-order valence-electron chi connectivity index (χ1n) is 5.29. The lowest BCUT2D eigenvalue weighted by Gasteiger charge is -2.16. The number of rotatable bonds is 3. The summed E-state index contributed by atoms with van der Waals surface area (Å²) in [5.74, 6) is 0. The molecule has 2 rings (SSSR count). The van der Waals surface area contributed by atoms with Crippen LogP contribution >= 0.6 is 0 Å². The Kier molecular flexibility index (Phi) is 3.17. The third kappa shape index (κ3) is 2.20. The molecule has 3 heteroatoms. The number of hydrogen-bond donors (Lipinski definition) is 1. The maximum absolute atomic E-state index is 9.96. The highest BCUT2D eigenvalue weighted by molar-refractivity contribution is 5.59. The fraction of sp³-hybridized carbons (Fsp3) is 0.154. The number of nitrogens with zero attached hydrogens (tertiary/aromatic N) is 2. The number of anilines is 2. The third-order valence-electron chi connectivity index (χ3n) is 2.50. The summed E-state index contributed by atoms with van der Waals surface area (Å²) >= 11 is 0. The van der Waals surface area contributed by atoms with Gasteiger partial charge in [0.2, 0.25) is 0 Å². The van der Waals surface area contributed by atoms with E-state index in [1.807, 2.05) is 24.3 Å². The van der Waals surface area contributed by atoms with Gasteiger partial charge < -0.3 is 0 Å². The van der Waals surface area contributed by atoms with Gasteiger partial charge in [0.1, 0.15) is 0 Å². The second kappa shape index (κ2) is 4.77. The van der Waals surface area contributed by atoms with Crippen molar-refractivity contribution in [1.82, 2.24) is 4.98 Å². The molecule has 2 aromatic rings. The van der Waals surface area contributed by atoms with Crippen molar-refractivity contribution < 1.29 is 5.21 Å². The lowest BCUT2D eigenvalue weighted by molar-refractivity contribution is 0.301. The molecular weight excluding hydrogens is 200 g/mol. The van der Waals surface area contributed by atoms with E-state index in [0.29, 0.717) is 5.69 Å². The average Bonchev–Trinajstić information content (AvgIpc) is 2.39. The Bertz CT molecular complexity index is 439. The molecule has 0 bridgehead atoms. The summed E-state index contributed by atoms with van der Waals surface area (Å²) in [5, 5.41) is 11.1. The molecule has 1 N–H and O–H groups in total. The van der Waals surface area contributed by atoms with Crippen molar-refractivity contribution in [2.24, 2.45) is 0 Å². The molecule has 0 saturated carbocycles. The van der Waals surface area contributed by atoms with Crippen LogP contribution in [-0.4, -0.2) is 10.2 Å². The highest BCUT2D eigenvalue weighted by atomic mass is 16.5. The molecule has 0 saturated heterocycles. The zero-order chi connectivity index (χ0) is 11.4. The van der Waals surface area contributed by atoms with Crippen molar-refractivity contribution in [2.45, 2.75) is 13.3 Å². The van der Waals surface area contributed by atoms with Crippen molar-refractivity contribution in [3.63, 3.8) is 0 Å². The molecule has 0 unspecified atom stereocenters. The summed E-state index contributed by atoms with van der Waals surface area (Å²) in [7, 11) is 0. The quantitative estimate of drug-likeness (QED) is 0.797. The predicted molar refractivity (Wildman–Crippen MR) is 64.0 cm³/mol. The summed E-state index contributed by atoms with van der Waals surface area (Å²) in [6, 6.07) is 11.3. The van der Waals surface area contributed by atoms with E-state index in [-0.39, 0.29) is 0 Å². The molecule has 82 valence electrons. The van der Waals surface area contributed by atoms with E-state index in [2.05, 4.69) is 11.9 Å². The Balaban J connectivity index is 2.24. The average molecular weight is 214 g/mol. The van der Waals surface area contributed by atoms with Crippen LogP contribution in [0.2, 0.25) is 0 Å². The van der Waals surface area contributed by atoms with Crippen molar-refractivity contribution in [3.8, 4) is 0 Å². The van der Waals surface area contributed by atoms with E-state index in [1.165, 1.54) is 5.56 Å². The van der Waals surface area contributed by atoms with Crippen LogP contribution in [-0.2, 0) is 6.42 Å². The van der Waals surface area contributed by atoms with Gasteiger partial charge in [0, 0.05) is 12.4 Å². The standard InChI is InChI=1S/C13H14N2O/c1-2-11-3-5-12(6-4-11)15(16)13-7-9-14-10-8-13/h3-10,16H,2H2,1H3. The van der Waals surface area contributed by atoms with Crippen LogP contribution in [0.4, 0.5) is 11.4 Å². The second-order valence-electron chi connectivity index (χ2n) is 3.54. The summed E-state index contributed by atoms with van der Waals surface area (Å²) in [6.07, 6.45) is 4.30. The molecule has 0 aliphatic heterocycles.